The lowest BCUT2D eigenvalue weighted by atomic mass is 10.1. The fourth-order valence-electron chi connectivity index (χ4n) is 4.44. The van der Waals surface area contributed by atoms with E-state index in [0.29, 0.717) is 60.6 Å². The molecule has 2 heterocycles. The lowest BCUT2D eigenvalue weighted by Crippen LogP contribution is -2.44. The van der Waals surface area contributed by atoms with Gasteiger partial charge in [0, 0.05) is 49.4 Å². The van der Waals surface area contributed by atoms with Gasteiger partial charge in [0.25, 0.3) is 0 Å². The summed E-state index contributed by atoms with van der Waals surface area (Å²) >= 11 is 5.91. The van der Waals surface area contributed by atoms with Crippen molar-refractivity contribution in [1.82, 2.24) is 19.4 Å². The second-order valence-electron chi connectivity index (χ2n) is 9.10. The van der Waals surface area contributed by atoms with Crippen LogP contribution in [-0.2, 0) is 14.8 Å². The van der Waals surface area contributed by atoms with E-state index < -0.39 is 10.0 Å². The first-order valence-electron chi connectivity index (χ1n) is 12.7. The summed E-state index contributed by atoms with van der Waals surface area (Å²) in [5.74, 6) is 1.75. The third-order valence-corrected chi connectivity index (χ3v) is 8.68. The van der Waals surface area contributed by atoms with Crippen LogP contribution >= 0.6 is 11.6 Å². The van der Waals surface area contributed by atoms with Crippen LogP contribution in [0.3, 0.4) is 0 Å². The number of hydrogen-bond acceptors (Lipinski definition) is 8. The summed E-state index contributed by atoms with van der Waals surface area (Å²) in [5, 5.41) is 9.27. The van der Waals surface area contributed by atoms with Gasteiger partial charge in [-0.05, 0) is 55.0 Å². The van der Waals surface area contributed by atoms with Crippen LogP contribution in [0.15, 0.2) is 72.1 Å². The number of ether oxygens (including phenoxy) is 2. The minimum absolute atomic E-state index is 0.0115. The molecule has 1 amide bonds. The molecule has 1 saturated heterocycles. The molecule has 12 heteroatoms. The number of anilines is 1. The molecule has 2 aromatic carbocycles. The summed E-state index contributed by atoms with van der Waals surface area (Å²) in [5.41, 5.74) is 1.46. The maximum Gasteiger partial charge on any atom is 0.243 e. The number of sulfonamides is 1. The average Bonchev–Trinajstić information content (AvgIpc) is 3.23. The number of aromatic nitrogens is 2. The van der Waals surface area contributed by atoms with Crippen molar-refractivity contribution in [2.24, 2.45) is 0 Å². The summed E-state index contributed by atoms with van der Waals surface area (Å²) in [6.07, 6.45) is 2.17. The summed E-state index contributed by atoms with van der Waals surface area (Å²) in [7, 11) is -0.713. The molecule has 3 aromatic rings. The van der Waals surface area contributed by atoms with Gasteiger partial charge in [-0.25, -0.2) is 8.42 Å². The summed E-state index contributed by atoms with van der Waals surface area (Å²) in [6.45, 7) is 5.54. The van der Waals surface area contributed by atoms with Crippen LogP contribution in [0, 0.1) is 0 Å². The molecule has 1 fully saturated rings. The second-order valence-corrected chi connectivity index (χ2v) is 11.5. The van der Waals surface area contributed by atoms with Gasteiger partial charge in [0.15, 0.2) is 5.82 Å². The van der Waals surface area contributed by atoms with E-state index in [0.717, 1.165) is 9.87 Å². The zero-order valence-corrected chi connectivity index (χ0v) is 24.1. The Morgan fingerprint density at radius 1 is 1.02 bits per heavy atom. The average molecular weight is 586 g/mol. The molecule has 0 saturated carbocycles. The second kappa shape index (κ2) is 13.1. The Morgan fingerprint density at radius 2 is 1.80 bits per heavy atom. The smallest absolute Gasteiger partial charge is 0.243 e. The SMILES string of the molecule is C=CCN(CC(=O)N1CCCN(c2ccc(-c3ccc(OC)cc3OC)nn2)CC1)S(=O)(=O)c1ccc(Cl)cc1. The number of carbonyl (C=O) groups is 1. The molecule has 0 spiro atoms. The predicted molar refractivity (Wildman–Crippen MR) is 154 cm³/mol. The monoisotopic (exact) mass is 585 g/mol. The molecule has 0 atom stereocenters. The van der Waals surface area contributed by atoms with Crippen molar-refractivity contribution >= 4 is 33.3 Å². The number of hydrogen-bond donors (Lipinski definition) is 0. The van der Waals surface area contributed by atoms with Gasteiger partial charge < -0.3 is 19.3 Å². The minimum atomic E-state index is -3.90. The van der Waals surface area contributed by atoms with E-state index in [-0.39, 0.29) is 23.9 Å². The number of amides is 1. The number of carbonyl (C=O) groups excluding carboxylic acids is 1. The van der Waals surface area contributed by atoms with E-state index in [1.807, 2.05) is 24.3 Å². The fraction of sp³-hybridized carbons (Fsp3) is 0.321. The van der Waals surface area contributed by atoms with Crippen molar-refractivity contribution in [2.45, 2.75) is 11.3 Å². The van der Waals surface area contributed by atoms with Crippen LogP contribution in [-0.4, -0.2) is 87.2 Å². The van der Waals surface area contributed by atoms with Crippen molar-refractivity contribution in [1.29, 1.82) is 0 Å². The van der Waals surface area contributed by atoms with E-state index in [9.17, 15) is 13.2 Å². The molecule has 10 nitrogen and oxygen atoms in total. The molecule has 0 radical (unpaired) electrons. The molecule has 212 valence electrons. The van der Waals surface area contributed by atoms with E-state index in [2.05, 4.69) is 21.7 Å². The quantitative estimate of drug-likeness (QED) is 0.332. The number of methoxy groups -OCH3 is 2. The van der Waals surface area contributed by atoms with Crippen LogP contribution in [0.5, 0.6) is 11.5 Å². The van der Waals surface area contributed by atoms with Gasteiger partial charge in [0.05, 0.1) is 31.4 Å². The molecule has 40 heavy (non-hydrogen) atoms. The molecule has 1 aliphatic heterocycles. The highest BCUT2D eigenvalue weighted by atomic mass is 35.5. The molecule has 0 aliphatic carbocycles. The van der Waals surface area contributed by atoms with Gasteiger partial charge >= 0.3 is 0 Å². The van der Waals surface area contributed by atoms with Gasteiger partial charge in [-0.2, -0.15) is 4.31 Å². The maximum atomic E-state index is 13.2. The third-order valence-electron chi connectivity index (χ3n) is 6.60. The summed E-state index contributed by atoms with van der Waals surface area (Å²) < 4.78 is 38.3. The van der Waals surface area contributed by atoms with E-state index >= 15 is 0 Å². The first-order chi connectivity index (χ1) is 19.3. The Hall–Kier alpha value is -3.67. The molecule has 4 rings (SSSR count). The van der Waals surface area contributed by atoms with Crippen molar-refractivity contribution in [3.63, 3.8) is 0 Å². The van der Waals surface area contributed by atoms with Gasteiger partial charge in [0.2, 0.25) is 15.9 Å². The Bertz CT molecular complexity index is 1430. The van der Waals surface area contributed by atoms with E-state index in [1.54, 1.807) is 25.2 Å². The van der Waals surface area contributed by atoms with Crippen molar-refractivity contribution in [3.8, 4) is 22.8 Å². The summed E-state index contributed by atoms with van der Waals surface area (Å²) in [6, 6.07) is 15.2. The van der Waals surface area contributed by atoms with Crippen LogP contribution in [0.1, 0.15) is 6.42 Å². The predicted octanol–water partition coefficient (Wildman–Crippen LogP) is 3.73. The van der Waals surface area contributed by atoms with Gasteiger partial charge in [0.1, 0.15) is 11.5 Å². The zero-order valence-electron chi connectivity index (χ0n) is 22.5. The molecule has 0 N–H and O–H groups in total. The minimum Gasteiger partial charge on any atom is -0.497 e. The third kappa shape index (κ3) is 6.72. The Kier molecular flexibility index (Phi) is 9.62. The highest BCUT2D eigenvalue weighted by Gasteiger charge is 2.29. The van der Waals surface area contributed by atoms with Gasteiger partial charge in [-0.1, -0.05) is 17.7 Å². The van der Waals surface area contributed by atoms with Crippen LogP contribution in [0.2, 0.25) is 5.02 Å². The molecule has 0 bridgehead atoms. The Balaban J connectivity index is 1.42. The highest BCUT2D eigenvalue weighted by Crippen LogP contribution is 2.32. The number of rotatable bonds is 10. The summed E-state index contributed by atoms with van der Waals surface area (Å²) in [4.78, 5) is 17.1. The van der Waals surface area contributed by atoms with E-state index in [4.69, 9.17) is 21.1 Å². The number of nitrogens with zero attached hydrogens (tertiary/aromatic N) is 5. The molecular weight excluding hydrogens is 554 g/mol. The topological polar surface area (TPSA) is 105 Å². The molecule has 1 aliphatic rings. The van der Waals surface area contributed by atoms with Gasteiger partial charge in [-0.3, -0.25) is 4.79 Å². The fourth-order valence-corrected chi connectivity index (χ4v) is 5.93. The number of benzene rings is 2. The van der Waals surface area contributed by atoms with Gasteiger partial charge in [-0.15, -0.1) is 16.8 Å². The maximum absolute atomic E-state index is 13.2. The highest BCUT2D eigenvalue weighted by molar-refractivity contribution is 7.89. The lowest BCUT2D eigenvalue weighted by molar-refractivity contribution is -0.131. The zero-order chi connectivity index (χ0) is 28.7. The first-order valence-corrected chi connectivity index (χ1v) is 14.5. The molecular formula is C28H32ClN5O5S. The van der Waals surface area contributed by atoms with Crippen molar-refractivity contribution in [3.05, 3.63) is 72.3 Å². The number of halogens is 1. The van der Waals surface area contributed by atoms with Crippen molar-refractivity contribution < 1.29 is 22.7 Å². The van der Waals surface area contributed by atoms with Crippen LogP contribution in [0.4, 0.5) is 5.82 Å². The normalized spacial score (nSPS) is 14.1. The molecule has 0 unspecified atom stereocenters. The molecule has 1 aromatic heterocycles. The van der Waals surface area contributed by atoms with E-state index in [1.165, 1.54) is 30.3 Å². The van der Waals surface area contributed by atoms with Crippen LogP contribution < -0.4 is 14.4 Å². The first kappa shape index (κ1) is 29.3. The largest absolute Gasteiger partial charge is 0.497 e. The van der Waals surface area contributed by atoms with Crippen LogP contribution in [0.25, 0.3) is 11.3 Å². The van der Waals surface area contributed by atoms with Crippen molar-refractivity contribution in [2.75, 3.05) is 58.4 Å². The lowest BCUT2D eigenvalue weighted by Gasteiger charge is -2.26. The Morgan fingerprint density at radius 3 is 2.45 bits per heavy atom. The standard InChI is InChI=1S/C28H32ClN5O5S/c1-4-14-34(40(36,37)23-9-6-21(29)7-10-23)20-28(35)33-16-5-15-32(17-18-33)27-13-12-25(30-31-27)24-11-8-22(38-2)19-26(24)39-3/h4,6-13,19H,1,5,14-18,20H2,2-3H3. The Labute approximate surface area is 239 Å².